The molecule has 1 atom stereocenters. The molecule has 0 spiro atoms. The van der Waals surface area contributed by atoms with E-state index in [-0.39, 0.29) is 22.7 Å². The number of benzene rings is 3. The van der Waals surface area contributed by atoms with Gasteiger partial charge in [-0.2, -0.15) is 0 Å². The highest BCUT2D eigenvalue weighted by molar-refractivity contribution is 7.92. The predicted molar refractivity (Wildman–Crippen MR) is 142 cm³/mol. The van der Waals surface area contributed by atoms with Crippen LogP contribution in [0, 0.1) is 11.6 Å². The van der Waals surface area contributed by atoms with Crippen LogP contribution in [0.5, 0.6) is 0 Å². The van der Waals surface area contributed by atoms with Gasteiger partial charge in [0.1, 0.15) is 24.2 Å². The maximum atomic E-state index is 14.5. The number of sulfonamides is 1. The SMILES string of the molecule is CC(C(=O)NC(C)(C)C)N(Cc1ccccc1F)C(=O)CN(c1ccc(F)cc1)S(=O)(=O)c1ccccc1. The molecule has 3 aromatic rings. The van der Waals surface area contributed by atoms with Crippen LogP contribution in [0.1, 0.15) is 33.3 Å². The monoisotopic (exact) mass is 543 g/mol. The van der Waals surface area contributed by atoms with E-state index in [9.17, 15) is 26.8 Å². The summed E-state index contributed by atoms with van der Waals surface area (Å²) in [6, 6.07) is 16.9. The lowest BCUT2D eigenvalue weighted by atomic mass is 10.1. The van der Waals surface area contributed by atoms with Crippen molar-refractivity contribution in [3.8, 4) is 0 Å². The molecule has 202 valence electrons. The summed E-state index contributed by atoms with van der Waals surface area (Å²) in [7, 11) is -4.26. The van der Waals surface area contributed by atoms with E-state index in [2.05, 4.69) is 5.32 Å². The fourth-order valence-corrected chi connectivity index (χ4v) is 5.16. The standard InChI is InChI=1S/C28H31F2N3O4S/c1-20(27(35)31-28(2,3)4)32(18-21-10-8-9-13-25(21)30)26(34)19-33(23-16-14-22(29)15-17-23)38(36,37)24-11-6-5-7-12-24/h5-17,20H,18-19H2,1-4H3,(H,31,35). The van der Waals surface area contributed by atoms with Gasteiger partial charge in [-0.25, -0.2) is 17.2 Å². The molecule has 0 bridgehead atoms. The minimum Gasteiger partial charge on any atom is -0.350 e. The van der Waals surface area contributed by atoms with Crippen molar-refractivity contribution in [1.82, 2.24) is 10.2 Å². The average Bonchev–Trinajstić information content (AvgIpc) is 2.86. The molecule has 1 N–H and O–H groups in total. The molecular weight excluding hydrogens is 512 g/mol. The van der Waals surface area contributed by atoms with Gasteiger partial charge >= 0.3 is 0 Å². The molecule has 0 aromatic heterocycles. The molecule has 1 unspecified atom stereocenters. The lowest BCUT2D eigenvalue weighted by Crippen LogP contribution is -2.54. The number of nitrogens with one attached hydrogen (secondary N) is 1. The quantitative estimate of drug-likeness (QED) is 0.431. The summed E-state index contributed by atoms with van der Waals surface area (Å²) in [6.07, 6.45) is 0. The molecule has 10 heteroatoms. The van der Waals surface area contributed by atoms with Gasteiger partial charge in [0.2, 0.25) is 11.8 Å². The zero-order chi connectivity index (χ0) is 28.1. The largest absolute Gasteiger partial charge is 0.350 e. The van der Waals surface area contributed by atoms with Gasteiger partial charge in [0.15, 0.2) is 0 Å². The lowest BCUT2D eigenvalue weighted by Gasteiger charge is -2.33. The molecule has 0 aliphatic rings. The number of amides is 2. The van der Waals surface area contributed by atoms with Crippen LogP contribution < -0.4 is 9.62 Å². The van der Waals surface area contributed by atoms with Gasteiger partial charge in [0.05, 0.1) is 10.6 Å². The van der Waals surface area contributed by atoms with Gasteiger partial charge < -0.3 is 10.2 Å². The van der Waals surface area contributed by atoms with Crippen molar-refractivity contribution < 1.29 is 26.8 Å². The van der Waals surface area contributed by atoms with Crippen molar-refractivity contribution in [1.29, 1.82) is 0 Å². The lowest BCUT2D eigenvalue weighted by molar-refractivity contribution is -0.140. The van der Waals surface area contributed by atoms with Gasteiger partial charge in [-0.1, -0.05) is 36.4 Å². The number of carbonyl (C=O) groups excluding carboxylic acids is 2. The second-order valence-electron chi connectivity index (χ2n) is 9.83. The summed E-state index contributed by atoms with van der Waals surface area (Å²) in [6.45, 7) is 5.86. The van der Waals surface area contributed by atoms with Crippen LogP contribution in [-0.2, 0) is 26.2 Å². The first-order valence-electron chi connectivity index (χ1n) is 12.0. The molecule has 0 radical (unpaired) electrons. The minimum atomic E-state index is -4.26. The van der Waals surface area contributed by atoms with Crippen molar-refractivity contribution in [2.45, 2.75) is 50.7 Å². The summed E-state index contributed by atoms with van der Waals surface area (Å²) >= 11 is 0. The highest BCUT2D eigenvalue weighted by atomic mass is 32.2. The molecule has 0 saturated heterocycles. The van der Waals surface area contributed by atoms with Gasteiger partial charge in [-0.3, -0.25) is 13.9 Å². The third kappa shape index (κ3) is 7.16. The van der Waals surface area contributed by atoms with Crippen molar-refractivity contribution in [3.05, 3.63) is 96.1 Å². The van der Waals surface area contributed by atoms with E-state index in [1.165, 1.54) is 49.4 Å². The molecular formula is C28H31F2N3O4S. The van der Waals surface area contributed by atoms with E-state index in [0.717, 1.165) is 21.3 Å². The van der Waals surface area contributed by atoms with Gasteiger partial charge in [-0.05, 0) is 70.2 Å². The van der Waals surface area contributed by atoms with Gasteiger partial charge in [0.25, 0.3) is 10.0 Å². The Labute approximate surface area is 222 Å². The molecule has 38 heavy (non-hydrogen) atoms. The van der Waals surface area contributed by atoms with E-state index in [1.54, 1.807) is 45.0 Å². The number of carbonyl (C=O) groups is 2. The molecule has 3 rings (SSSR count). The Morgan fingerprint density at radius 1 is 0.895 bits per heavy atom. The second kappa shape index (κ2) is 11.7. The highest BCUT2D eigenvalue weighted by Crippen LogP contribution is 2.25. The average molecular weight is 544 g/mol. The fourth-order valence-electron chi connectivity index (χ4n) is 3.72. The minimum absolute atomic E-state index is 0.0567. The van der Waals surface area contributed by atoms with Crippen molar-refractivity contribution in [2.75, 3.05) is 10.8 Å². The van der Waals surface area contributed by atoms with Gasteiger partial charge in [0, 0.05) is 17.6 Å². The molecule has 0 heterocycles. The third-order valence-electron chi connectivity index (χ3n) is 5.69. The molecule has 0 aliphatic carbocycles. The molecule has 0 aliphatic heterocycles. The van der Waals surface area contributed by atoms with E-state index in [1.807, 2.05) is 0 Å². The summed E-state index contributed by atoms with van der Waals surface area (Å²) in [5.74, 6) is -2.37. The molecule has 3 aromatic carbocycles. The number of halogens is 2. The van der Waals surface area contributed by atoms with Crippen molar-refractivity contribution in [2.24, 2.45) is 0 Å². The van der Waals surface area contributed by atoms with Crippen LogP contribution in [0.2, 0.25) is 0 Å². The molecule has 7 nitrogen and oxygen atoms in total. The van der Waals surface area contributed by atoms with E-state index >= 15 is 0 Å². The summed E-state index contributed by atoms with van der Waals surface area (Å²) < 4.78 is 56.2. The molecule has 2 amide bonds. The Hall–Kier alpha value is -3.79. The Bertz CT molecular complexity index is 1380. The fraction of sp³-hybridized carbons (Fsp3) is 0.286. The number of hydrogen-bond donors (Lipinski definition) is 1. The molecule has 0 saturated carbocycles. The van der Waals surface area contributed by atoms with Crippen LogP contribution >= 0.6 is 0 Å². The normalized spacial score (nSPS) is 12.5. The van der Waals surface area contributed by atoms with Crippen LogP contribution in [0.3, 0.4) is 0 Å². The number of hydrogen-bond acceptors (Lipinski definition) is 4. The molecule has 0 fully saturated rings. The van der Waals surface area contributed by atoms with Gasteiger partial charge in [-0.15, -0.1) is 0 Å². The van der Waals surface area contributed by atoms with Crippen LogP contribution in [-0.4, -0.2) is 43.3 Å². The first-order chi connectivity index (χ1) is 17.8. The van der Waals surface area contributed by atoms with E-state index in [0.29, 0.717) is 0 Å². The Morgan fingerprint density at radius 3 is 2.05 bits per heavy atom. The Morgan fingerprint density at radius 2 is 1.47 bits per heavy atom. The second-order valence-corrected chi connectivity index (χ2v) is 11.7. The zero-order valence-corrected chi connectivity index (χ0v) is 22.5. The first kappa shape index (κ1) is 28.8. The number of rotatable bonds is 9. The summed E-state index contributed by atoms with van der Waals surface area (Å²) in [4.78, 5) is 27.8. The summed E-state index contributed by atoms with van der Waals surface area (Å²) in [5.41, 5.74) is -0.383. The number of anilines is 1. The van der Waals surface area contributed by atoms with E-state index in [4.69, 9.17) is 0 Å². The predicted octanol–water partition coefficient (Wildman–Crippen LogP) is 4.49. The first-order valence-corrected chi connectivity index (χ1v) is 13.4. The smallest absolute Gasteiger partial charge is 0.264 e. The van der Waals surface area contributed by atoms with Crippen LogP contribution in [0.15, 0.2) is 83.8 Å². The summed E-state index contributed by atoms with van der Waals surface area (Å²) in [5, 5.41) is 2.80. The third-order valence-corrected chi connectivity index (χ3v) is 7.48. The van der Waals surface area contributed by atoms with Crippen molar-refractivity contribution >= 4 is 27.5 Å². The maximum Gasteiger partial charge on any atom is 0.264 e. The maximum absolute atomic E-state index is 14.5. The van der Waals surface area contributed by atoms with E-state index < -0.39 is 51.6 Å². The number of nitrogens with zero attached hydrogens (tertiary/aromatic N) is 2. The van der Waals surface area contributed by atoms with Crippen LogP contribution in [0.25, 0.3) is 0 Å². The Kier molecular flexibility index (Phi) is 8.88. The topological polar surface area (TPSA) is 86.8 Å². The van der Waals surface area contributed by atoms with Crippen molar-refractivity contribution in [3.63, 3.8) is 0 Å². The van der Waals surface area contributed by atoms with Crippen LogP contribution in [0.4, 0.5) is 14.5 Å². The Balaban J connectivity index is 2.03. The zero-order valence-electron chi connectivity index (χ0n) is 21.7. The highest BCUT2D eigenvalue weighted by Gasteiger charge is 2.33.